The number of benzene rings is 1. The number of hydrogen-bond donors (Lipinski definition) is 0. The van der Waals surface area contributed by atoms with Crippen LogP contribution in [0.15, 0.2) is 18.2 Å². The first kappa shape index (κ1) is 17.9. The quantitative estimate of drug-likeness (QED) is 0.464. The van der Waals surface area contributed by atoms with Gasteiger partial charge in [0.15, 0.2) is 0 Å². The zero-order valence-electron chi connectivity index (χ0n) is 12.0. The minimum atomic E-state index is -4.09. The average molecular weight is 307 g/mol. The van der Waals surface area contributed by atoms with Gasteiger partial charge in [0.2, 0.25) is 0 Å². The van der Waals surface area contributed by atoms with E-state index >= 15 is 0 Å². The molecule has 1 aliphatic heterocycles. The number of ether oxygens (including phenoxy) is 1. The van der Waals surface area contributed by atoms with Crippen LogP contribution in [0.25, 0.3) is 0 Å². The number of hydrogen-bond acceptors (Lipinski definition) is 5. The predicted octanol–water partition coefficient (Wildman–Crippen LogP) is -2.01. The van der Waals surface area contributed by atoms with Crippen molar-refractivity contribution in [1.82, 2.24) is 4.90 Å². The molecule has 0 unspecified atom stereocenters. The van der Waals surface area contributed by atoms with Crippen LogP contribution >= 0.6 is 0 Å². The zero-order chi connectivity index (χ0) is 13.9. The summed E-state index contributed by atoms with van der Waals surface area (Å²) in [6.07, 6.45) is 1.34. The molecule has 7 heteroatoms. The van der Waals surface area contributed by atoms with Gasteiger partial charge in [0.25, 0.3) is 0 Å². The van der Waals surface area contributed by atoms with Gasteiger partial charge in [-0.15, -0.1) is 0 Å². The van der Waals surface area contributed by atoms with E-state index in [1.54, 1.807) is 7.11 Å². The molecule has 0 fully saturated rings. The van der Waals surface area contributed by atoms with E-state index in [1.165, 1.54) is 11.1 Å². The van der Waals surface area contributed by atoms with Crippen LogP contribution in [0.5, 0.6) is 5.75 Å². The van der Waals surface area contributed by atoms with Crippen LogP contribution in [0.2, 0.25) is 0 Å². The van der Waals surface area contributed by atoms with E-state index < -0.39 is 10.1 Å². The van der Waals surface area contributed by atoms with Crippen LogP contribution in [0, 0.1) is 0 Å². The Morgan fingerprint density at radius 1 is 1.35 bits per heavy atom. The van der Waals surface area contributed by atoms with E-state index in [0.29, 0.717) is 13.0 Å². The fraction of sp³-hybridized carbons (Fsp3) is 0.538. The van der Waals surface area contributed by atoms with Crippen molar-refractivity contribution >= 4 is 10.1 Å². The van der Waals surface area contributed by atoms with Crippen LogP contribution in [0.1, 0.15) is 17.5 Å². The third kappa shape index (κ3) is 5.35. The van der Waals surface area contributed by atoms with Crippen molar-refractivity contribution in [2.45, 2.75) is 19.4 Å². The van der Waals surface area contributed by atoms with Gasteiger partial charge < -0.3 is 9.29 Å². The number of fused-ring (bicyclic) bond motifs is 1. The smallest absolute Gasteiger partial charge is 0.748 e. The molecule has 20 heavy (non-hydrogen) atoms. The first-order chi connectivity index (χ1) is 8.98. The van der Waals surface area contributed by atoms with Crippen molar-refractivity contribution in [3.63, 3.8) is 0 Å². The molecule has 0 atom stereocenters. The molecule has 2 rings (SSSR count). The predicted molar refractivity (Wildman–Crippen MR) is 71.2 cm³/mol. The zero-order valence-corrected chi connectivity index (χ0v) is 14.8. The molecule has 1 aliphatic rings. The Morgan fingerprint density at radius 2 is 2.10 bits per heavy atom. The standard InChI is InChI=1S/C13H19NO4S.Na/c1-18-13-4-3-11-5-7-14(10-12(11)9-13)6-2-8-19(15,16)17;/h3-4,9H,2,5-8,10H2,1H3,(H,15,16,17);/q;+1/p-1. The minimum absolute atomic E-state index is 0. The molecule has 0 spiro atoms. The Bertz CT molecular complexity index is 547. The van der Waals surface area contributed by atoms with Gasteiger partial charge in [0.05, 0.1) is 17.2 Å². The van der Waals surface area contributed by atoms with E-state index in [2.05, 4.69) is 11.0 Å². The third-order valence-corrected chi connectivity index (χ3v) is 4.16. The fourth-order valence-corrected chi connectivity index (χ4v) is 2.86. The number of rotatable bonds is 5. The second-order valence-electron chi connectivity index (χ2n) is 4.78. The van der Waals surface area contributed by atoms with Gasteiger partial charge in [-0.05, 0) is 42.6 Å². The summed E-state index contributed by atoms with van der Waals surface area (Å²) < 4.78 is 36.9. The molecule has 0 radical (unpaired) electrons. The Kier molecular flexibility index (Phi) is 6.97. The van der Waals surface area contributed by atoms with Crippen molar-refractivity contribution < 1.29 is 47.3 Å². The summed E-state index contributed by atoms with van der Waals surface area (Å²) in [5, 5.41) is 0. The van der Waals surface area contributed by atoms with Crippen LogP contribution in [0.4, 0.5) is 0 Å². The first-order valence-corrected chi connectivity index (χ1v) is 7.87. The van der Waals surface area contributed by atoms with Gasteiger partial charge in [0.1, 0.15) is 5.75 Å². The van der Waals surface area contributed by atoms with Gasteiger partial charge in [-0.2, -0.15) is 0 Å². The van der Waals surface area contributed by atoms with E-state index in [4.69, 9.17) is 4.74 Å². The summed E-state index contributed by atoms with van der Waals surface area (Å²) in [6.45, 7) is 2.32. The van der Waals surface area contributed by atoms with Gasteiger partial charge in [0, 0.05) is 18.8 Å². The molecule has 0 saturated heterocycles. The third-order valence-electron chi connectivity index (χ3n) is 3.37. The number of methoxy groups -OCH3 is 1. The SMILES string of the molecule is COc1ccc2c(c1)CN(CCCS(=O)(=O)[O-])CC2.[Na+]. The van der Waals surface area contributed by atoms with Crippen molar-refractivity contribution in [2.75, 3.05) is 26.0 Å². The average Bonchev–Trinajstić information content (AvgIpc) is 2.36. The molecule has 0 aromatic heterocycles. The van der Waals surface area contributed by atoms with Gasteiger partial charge in [-0.1, -0.05) is 6.07 Å². The summed E-state index contributed by atoms with van der Waals surface area (Å²) in [5.41, 5.74) is 2.53. The van der Waals surface area contributed by atoms with Crippen LogP contribution < -0.4 is 34.3 Å². The molecule has 5 nitrogen and oxygen atoms in total. The van der Waals surface area contributed by atoms with Crippen LogP contribution in [-0.4, -0.2) is 43.8 Å². The Hall–Kier alpha value is -0.110. The Morgan fingerprint density at radius 3 is 2.75 bits per heavy atom. The second kappa shape index (κ2) is 7.77. The second-order valence-corrected chi connectivity index (χ2v) is 6.30. The van der Waals surface area contributed by atoms with Gasteiger partial charge >= 0.3 is 29.6 Å². The molecule has 1 aromatic carbocycles. The van der Waals surface area contributed by atoms with Crippen LogP contribution in [0.3, 0.4) is 0 Å². The molecule has 106 valence electrons. The normalized spacial score (nSPS) is 15.3. The molecular formula is C13H18NNaO4S. The van der Waals surface area contributed by atoms with Crippen LogP contribution in [-0.2, 0) is 23.1 Å². The molecule has 0 bridgehead atoms. The molecule has 0 amide bonds. The van der Waals surface area contributed by atoms with Crippen molar-refractivity contribution in [2.24, 2.45) is 0 Å². The minimum Gasteiger partial charge on any atom is -0.748 e. The van der Waals surface area contributed by atoms with E-state index in [1.807, 2.05) is 12.1 Å². The summed E-state index contributed by atoms with van der Waals surface area (Å²) >= 11 is 0. The molecule has 0 aliphatic carbocycles. The maximum Gasteiger partial charge on any atom is 1.00 e. The van der Waals surface area contributed by atoms with Crippen molar-refractivity contribution in [3.05, 3.63) is 29.3 Å². The van der Waals surface area contributed by atoms with E-state index in [-0.39, 0.29) is 35.3 Å². The summed E-state index contributed by atoms with van der Waals surface area (Å²) in [4.78, 5) is 2.17. The Labute approximate surface area is 142 Å². The topological polar surface area (TPSA) is 69.7 Å². The maximum absolute atomic E-state index is 10.6. The molecular weight excluding hydrogens is 289 g/mol. The monoisotopic (exact) mass is 307 g/mol. The van der Waals surface area contributed by atoms with Gasteiger partial charge in [-0.25, -0.2) is 8.42 Å². The molecule has 0 N–H and O–H groups in total. The Balaban J connectivity index is 0.00000200. The fourth-order valence-electron chi connectivity index (χ4n) is 2.37. The number of nitrogens with zero attached hydrogens (tertiary/aromatic N) is 1. The van der Waals surface area contributed by atoms with Crippen molar-refractivity contribution in [3.8, 4) is 5.75 Å². The molecule has 0 saturated carbocycles. The summed E-state index contributed by atoms with van der Waals surface area (Å²) in [6, 6.07) is 6.05. The van der Waals surface area contributed by atoms with E-state index in [9.17, 15) is 13.0 Å². The largest absolute Gasteiger partial charge is 1.00 e. The maximum atomic E-state index is 10.6. The summed E-state index contributed by atoms with van der Waals surface area (Å²) in [7, 11) is -2.45. The van der Waals surface area contributed by atoms with Crippen molar-refractivity contribution in [1.29, 1.82) is 0 Å². The molecule has 1 aromatic rings. The van der Waals surface area contributed by atoms with E-state index in [0.717, 1.165) is 25.3 Å². The first-order valence-electron chi connectivity index (χ1n) is 6.29. The molecule has 1 heterocycles. The summed E-state index contributed by atoms with van der Waals surface area (Å²) in [5.74, 6) is 0.553. The van der Waals surface area contributed by atoms with Gasteiger partial charge in [-0.3, -0.25) is 4.90 Å².